The van der Waals surface area contributed by atoms with Crippen molar-refractivity contribution in [2.24, 2.45) is 0 Å². The molecule has 0 atom stereocenters. The maximum Gasteiger partial charge on any atom is 0.233 e. The molecule has 2 nitrogen and oxygen atoms in total. The second-order valence-corrected chi connectivity index (χ2v) is 3.39. The van der Waals surface area contributed by atoms with E-state index < -0.39 is 11.6 Å². The van der Waals surface area contributed by atoms with Gasteiger partial charge >= 0.3 is 0 Å². The Bertz CT molecular complexity index is 458. The number of rotatable bonds is 3. The number of ketones is 2. The Morgan fingerprint density at radius 2 is 0.900 bits per heavy atom. The van der Waals surface area contributed by atoms with Crippen LogP contribution in [0, 0.1) is 0 Å². The Kier molecular flexibility index (Phi) is 9.40. The molecule has 2 rings (SSSR count). The third kappa shape index (κ3) is 5.14. The standard InChI is InChI=1S/C14H10O2.C2H6.CH3F/c15-13(11-7-3-1-4-8-11)14(16)12-9-5-2-6-10-12;2*1-2/h1-10H;1-2H3;1H3. The first-order chi connectivity index (χ1) is 9.79. The highest BCUT2D eigenvalue weighted by Gasteiger charge is 2.16. The molecule has 0 radical (unpaired) electrons. The summed E-state index contributed by atoms with van der Waals surface area (Å²) in [6.45, 7) is 4.00. The summed E-state index contributed by atoms with van der Waals surface area (Å²) in [5.41, 5.74) is 0.854. The number of halogens is 1. The lowest BCUT2D eigenvalue weighted by Gasteiger charge is -1.99. The average molecular weight is 274 g/mol. The Hall–Kier alpha value is -2.29. The van der Waals surface area contributed by atoms with Crippen molar-refractivity contribution >= 4 is 11.6 Å². The summed E-state index contributed by atoms with van der Waals surface area (Å²) < 4.78 is 9.50. The van der Waals surface area contributed by atoms with Gasteiger partial charge in [0.15, 0.2) is 0 Å². The fourth-order valence-corrected chi connectivity index (χ4v) is 1.44. The van der Waals surface area contributed by atoms with E-state index in [4.69, 9.17) is 0 Å². The highest BCUT2D eigenvalue weighted by Crippen LogP contribution is 2.07. The topological polar surface area (TPSA) is 34.1 Å². The third-order valence-corrected chi connectivity index (χ3v) is 2.28. The average Bonchev–Trinajstić information content (AvgIpc) is 2.59. The van der Waals surface area contributed by atoms with Crippen LogP contribution in [0.3, 0.4) is 0 Å². The quantitative estimate of drug-likeness (QED) is 0.615. The van der Waals surface area contributed by atoms with Gasteiger partial charge < -0.3 is 0 Å². The molecule has 0 N–H and O–H groups in total. The number of alkyl halides is 1. The molecule has 20 heavy (non-hydrogen) atoms. The normalized spacial score (nSPS) is 8.40. The summed E-state index contributed by atoms with van der Waals surface area (Å²) >= 11 is 0. The highest BCUT2D eigenvalue weighted by atomic mass is 19.1. The Labute approximate surface area is 119 Å². The minimum Gasteiger partial charge on any atom is -0.285 e. The van der Waals surface area contributed by atoms with Crippen LogP contribution < -0.4 is 0 Å². The summed E-state index contributed by atoms with van der Waals surface area (Å²) in [6.07, 6.45) is 0. The van der Waals surface area contributed by atoms with Crippen molar-refractivity contribution in [1.82, 2.24) is 0 Å². The van der Waals surface area contributed by atoms with Gasteiger partial charge in [0, 0.05) is 11.1 Å². The first kappa shape index (κ1) is 17.7. The fourth-order valence-electron chi connectivity index (χ4n) is 1.44. The molecule has 3 heteroatoms. The lowest BCUT2D eigenvalue weighted by atomic mass is 10.0. The SMILES string of the molecule is CC.CF.O=C(C(=O)c1ccccc1)c1ccccc1. The number of hydrogen-bond acceptors (Lipinski definition) is 2. The number of hydrogen-bond donors (Lipinski definition) is 0. The molecule has 106 valence electrons. The van der Waals surface area contributed by atoms with Crippen molar-refractivity contribution in [3.05, 3.63) is 71.8 Å². The van der Waals surface area contributed by atoms with Gasteiger partial charge in [0.1, 0.15) is 0 Å². The van der Waals surface area contributed by atoms with Gasteiger partial charge in [-0.2, -0.15) is 0 Å². The molecule has 0 heterocycles. The van der Waals surface area contributed by atoms with Crippen LogP contribution in [-0.4, -0.2) is 18.7 Å². The minimum atomic E-state index is -0.466. The zero-order valence-corrected chi connectivity index (χ0v) is 12.0. The lowest BCUT2D eigenvalue weighted by Crippen LogP contribution is -2.14. The van der Waals surface area contributed by atoms with Crippen LogP contribution in [0.2, 0.25) is 0 Å². The van der Waals surface area contributed by atoms with Crippen LogP contribution in [-0.2, 0) is 0 Å². The fraction of sp³-hybridized carbons (Fsp3) is 0.176. The van der Waals surface area contributed by atoms with Gasteiger partial charge in [0.25, 0.3) is 0 Å². The van der Waals surface area contributed by atoms with E-state index in [1.54, 1.807) is 48.5 Å². The van der Waals surface area contributed by atoms with Crippen molar-refractivity contribution < 1.29 is 14.0 Å². The Morgan fingerprint density at radius 1 is 0.650 bits per heavy atom. The van der Waals surface area contributed by atoms with Crippen LogP contribution in [0.4, 0.5) is 4.39 Å². The molecular weight excluding hydrogens is 255 g/mol. The summed E-state index contributed by atoms with van der Waals surface area (Å²) in [6, 6.07) is 17.2. The molecule has 0 fully saturated rings. The van der Waals surface area contributed by atoms with E-state index in [1.807, 2.05) is 26.0 Å². The van der Waals surface area contributed by atoms with Crippen LogP contribution in [0.25, 0.3) is 0 Å². The molecule has 0 saturated heterocycles. The van der Waals surface area contributed by atoms with E-state index in [0.717, 1.165) is 0 Å². The molecule has 2 aromatic rings. The third-order valence-electron chi connectivity index (χ3n) is 2.28. The zero-order valence-electron chi connectivity index (χ0n) is 12.0. The van der Waals surface area contributed by atoms with Crippen LogP contribution in [0.5, 0.6) is 0 Å². The van der Waals surface area contributed by atoms with Crippen molar-refractivity contribution in [3.8, 4) is 0 Å². The van der Waals surface area contributed by atoms with Gasteiger partial charge in [0.05, 0.1) is 7.18 Å². The van der Waals surface area contributed by atoms with Crippen LogP contribution >= 0.6 is 0 Å². The largest absolute Gasteiger partial charge is 0.285 e. The first-order valence-corrected chi connectivity index (χ1v) is 6.36. The molecular formula is C17H19FO2. The van der Waals surface area contributed by atoms with Crippen LogP contribution in [0.15, 0.2) is 60.7 Å². The van der Waals surface area contributed by atoms with E-state index in [9.17, 15) is 14.0 Å². The van der Waals surface area contributed by atoms with Gasteiger partial charge in [-0.3, -0.25) is 14.0 Å². The molecule has 0 aliphatic rings. The molecule has 0 spiro atoms. The molecule has 0 saturated carbocycles. The van der Waals surface area contributed by atoms with Gasteiger partial charge in [0.2, 0.25) is 11.6 Å². The predicted molar refractivity (Wildman–Crippen MR) is 79.9 cm³/mol. The van der Waals surface area contributed by atoms with E-state index >= 15 is 0 Å². The summed E-state index contributed by atoms with van der Waals surface area (Å²) in [7, 11) is 0.500. The molecule has 0 amide bonds. The predicted octanol–water partition coefficient (Wildman–Crippen LogP) is 4.36. The summed E-state index contributed by atoms with van der Waals surface area (Å²) in [5.74, 6) is -0.932. The second-order valence-electron chi connectivity index (χ2n) is 3.39. The molecule has 2 aromatic carbocycles. The number of benzene rings is 2. The number of carbonyl (C=O) groups is 2. The van der Waals surface area contributed by atoms with Crippen molar-refractivity contribution in [2.45, 2.75) is 13.8 Å². The Balaban J connectivity index is 0.000000829. The molecule has 0 unspecified atom stereocenters. The van der Waals surface area contributed by atoms with E-state index in [0.29, 0.717) is 18.3 Å². The van der Waals surface area contributed by atoms with E-state index in [2.05, 4.69) is 0 Å². The summed E-state index contributed by atoms with van der Waals surface area (Å²) in [4.78, 5) is 23.6. The maximum atomic E-state index is 11.8. The Morgan fingerprint density at radius 3 is 1.15 bits per heavy atom. The van der Waals surface area contributed by atoms with Crippen molar-refractivity contribution in [2.75, 3.05) is 7.18 Å². The molecule has 0 bridgehead atoms. The van der Waals surface area contributed by atoms with Crippen LogP contribution in [0.1, 0.15) is 34.6 Å². The van der Waals surface area contributed by atoms with Gasteiger partial charge in [-0.05, 0) is 0 Å². The zero-order chi connectivity index (χ0) is 15.4. The molecule has 0 aliphatic carbocycles. The van der Waals surface area contributed by atoms with E-state index in [-0.39, 0.29) is 0 Å². The highest BCUT2D eigenvalue weighted by molar-refractivity contribution is 6.49. The number of carbonyl (C=O) groups excluding carboxylic acids is 2. The maximum absolute atomic E-state index is 11.8. The monoisotopic (exact) mass is 274 g/mol. The smallest absolute Gasteiger partial charge is 0.233 e. The first-order valence-electron chi connectivity index (χ1n) is 6.36. The van der Waals surface area contributed by atoms with Crippen molar-refractivity contribution in [1.29, 1.82) is 0 Å². The second kappa shape index (κ2) is 10.6. The van der Waals surface area contributed by atoms with Gasteiger partial charge in [-0.15, -0.1) is 0 Å². The molecule has 0 aromatic heterocycles. The number of Topliss-reactive ketones (excluding diaryl/α,β-unsaturated/α-hetero) is 2. The minimum absolute atomic E-state index is 0.427. The lowest BCUT2D eigenvalue weighted by molar-refractivity contribution is 0.0817. The van der Waals surface area contributed by atoms with Gasteiger partial charge in [-0.25, -0.2) is 0 Å². The summed E-state index contributed by atoms with van der Waals surface area (Å²) in [5, 5.41) is 0. The van der Waals surface area contributed by atoms with E-state index in [1.165, 1.54) is 0 Å². The van der Waals surface area contributed by atoms with Crippen molar-refractivity contribution in [3.63, 3.8) is 0 Å². The van der Waals surface area contributed by atoms with Gasteiger partial charge in [-0.1, -0.05) is 74.5 Å². The molecule has 0 aliphatic heterocycles.